The molecule has 1 aromatic carbocycles. The van der Waals surface area contributed by atoms with Crippen molar-refractivity contribution in [1.82, 2.24) is 15.6 Å². The summed E-state index contributed by atoms with van der Waals surface area (Å²) in [5.74, 6) is 1.47. The highest BCUT2D eigenvalue weighted by Gasteiger charge is 2.04. The van der Waals surface area contributed by atoms with Crippen LogP contribution in [0.1, 0.15) is 11.1 Å². The first-order chi connectivity index (χ1) is 11.6. The van der Waals surface area contributed by atoms with Gasteiger partial charge in [-0.2, -0.15) is 0 Å². The summed E-state index contributed by atoms with van der Waals surface area (Å²) in [5.41, 5.74) is 2.09. The Balaban J connectivity index is 1.80. The molecule has 0 aliphatic rings. The number of hydrogen-bond acceptors (Lipinski definition) is 3. The van der Waals surface area contributed by atoms with Gasteiger partial charge in [-0.15, -0.1) is 0 Å². The molecule has 0 aliphatic heterocycles. The second-order valence-corrected chi connectivity index (χ2v) is 5.84. The van der Waals surface area contributed by atoms with Crippen molar-refractivity contribution in [1.29, 1.82) is 0 Å². The molecule has 5 nitrogen and oxygen atoms in total. The standard InChI is InChI=1S/C17H20Cl2N4O/c1-20-17(23-11-12-3-6-16(19)22-10-12)21-8-7-13-4-5-14(24-2)9-15(13)18/h3-6,9-10H,7-8,11H2,1-2H3,(H2,20,21,23). The smallest absolute Gasteiger partial charge is 0.191 e. The molecule has 0 atom stereocenters. The number of nitrogens with one attached hydrogen (secondary N) is 2. The van der Waals surface area contributed by atoms with E-state index < -0.39 is 0 Å². The van der Waals surface area contributed by atoms with Crippen LogP contribution in [-0.4, -0.2) is 31.6 Å². The molecule has 2 rings (SSSR count). The zero-order valence-electron chi connectivity index (χ0n) is 13.6. The normalized spacial score (nSPS) is 11.2. The van der Waals surface area contributed by atoms with Gasteiger partial charge in [-0.3, -0.25) is 4.99 Å². The van der Waals surface area contributed by atoms with E-state index in [0.29, 0.717) is 23.3 Å². The Morgan fingerprint density at radius 3 is 2.67 bits per heavy atom. The average molecular weight is 367 g/mol. The Hall–Kier alpha value is -1.98. The lowest BCUT2D eigenvalue weighted by Gasteiger charge is -2.12. The fraction of sp³-hybridized carbons (Fsp3) is 0.294. The molecule has 0 radical (unpaired) electrons. The molecule has 0 saturated heterocycles. The van der Waals surface area contributed by atoms with E-state index in [1.165, 1.54) is 0 Å². The van der Waals surface area contributed by atoms with E-state index in [-0.39, 0.29) is 0 Å². The summed E-state index contributed by atoms with van der Waals surface area (Å²) in [6, 6.07) is 9.38. The van der Waals surface area contributed by atoms with E-state index in [2.05, 4.69) is 20.6 Å². The summed E-state index contributed by atoms with van der Waals surface area (Å²) in [7, 11) is 3.36. The molecule has 0 fully saturated rings. The van der Waals surface area contributed by atoms with Gasteiger partial charge in [-0.25, -0.2) is 4.98 Å². The van der Waals surface area contributed by atoms with E-state index in [9.17, 15) is 0 Å². The van der Waals surface area contributed by atoms with Crippen LogP contribution < -0.4 is 15.4 Å². The summed E-state index contributed by atoms with van der Waals surface area (Å²) >= 11 is 12.0. The monoisotopic (exact) mass is 366 g/mol. The van der Waals surface area contributed by atoms with Crippen molar-refractivity contribution in [3.05, 3.63) is 57.8 Å². The predicted octanol–water partition coefficient (Wildman–Crippen LogP) is 3.30. The van der Waals surface area contributed by atoms with E-state index in [1.54, 1.807) is 26.4 Å². The number of hydrogen-bond donors (Lipinski definition) is 2. The SMILES string of the molecule is CN=C(NCCc1ccc(OC)cc1Cl)NCc1ccc(Cl)nc1. The Kier molecular flexibility index (Phi) is 7.15. The topological polar surface area (TPSA) is 58.5 Å². The van der Waals surface area contributed by atoms with Gasteiger partial charge in [-0.05, 0) is 35.7 Å². The molecule has 0 unspecified atom stereocenters. The predicted molar refractivity (Wildman–Crippen MR) is 99.2 cm³/mol. The quantitative estimate of drug-likeness (QED) is 0.467. The number of methoxy groups -OCH3 is 1. The van der Waals surface area contributed by atoms with E-state index in [4.69, 9.17) is 27.9 Å². The Morgan fingerprint density at radius 1 is 1.21 bits per heavy atom. The van der Waals surface area contributed by atoms with Gasteiger partial charge in [-0.1, -0.05) is 35.3 Å². The molecular formula is C17H20Cl2N4O. The van der Waals surface area contributed by atoms with E-state index >= 15 is 0 Å². The summed E-state index contributed by atoms with van der Waals surface area (Å²) in [6.45, 7) is 1.33. The molecule has 24 heavy (non-hydrogen) atoms. The number of rotatable bonds is 6. The first-order valence-electron chi connectivity index (χ1n) is 7.49. The van der Waals surface area contributed by atoms with Crippen molar-refractivity contribution in [3.8, 4) is 5.75 Å². The van der Waals surface area contributed by atoms with Gasteiger partial charge in [0.15, 0.2) is 5.96 Å². The first kappa shape index (κ1) is 18.4. The highest BCUT2D eigenvalue weighted by molar-refractivity contribution is 6.31. The second kappa shape index (κ2) is 9.35. The van der Waals surface area contributed by atoms with Crippen molar-refractivity contribution < 1.29 is 4.74 Å². The van der Waals surface area contributed by atoms with Gasteiger partial charge < -0.3 is 15.4 Å². The van der Waals surface area contributed by atoms with Crippen LogP contribution >= 0.6 is 23.2 Å². The highest BCUT2D eigenvalue weighted by atomic mass is 35.5. The van der Waals surface area contributed by atoms with Crippen LogP contribution in [0, 0.1) is 0 Å². The third kappa shape index (κ3) is 5.58. The van der Waals surface area contributed by atoms with Gasteiger partial charge >= 0.3 is 0 Å². The van der Waals surface area contributed by atoms with Gasteiger partial charge in [0.1, 0.15) is 10.9 Å². The minimum Gasteiger partial charge on any atom is -0.497 e. The van der Waals surface area contributed by atoms with Gasteiger partial charge in [0.05, 0.1) is 7.11 Å². The van der Waals surface area contributed by atoms with Gasteiger partial charge in [0, 0.05) is 31.4 Å². The molecule has 0 spiro atoms. The zero-order chi connectivity index (χ0) is 17.4. The fourth-order valence-corrected chi connectivity index (χ4v) is 2.47. The maximum atomic E-state index is 6.24. The molecule has 0 bridgehead atoms. The lowest BCUT2D eigenvalue weighted by atomic mass is 10.1. The molecular weight excluding hydrogens is 347 g/mol. The maximum Gasteiger partial charge on any atom is 0.191 e. The number of halogens is 2. The lowest BCUT2D eigenvalue weighted by molar-refractivity contribution is 0.414. The highest BCUT2D eigenvalue weighted by Crippen LogP contribution is 2.22. The lowest BCUT2D eigenvalue weighted by Crippen LogP contribution is -2.37. The molecule has 0 saturated carbocycles. The number of nitrogens with zero attached hydrogens (tertiary/aromatic N) is 2. The largest absolute Gasteiger partial charge is 0.497 e. The molecule has 128 valence electrons. The van der Waals surface area contributed by atoms with Crippen molar-refractivity contribution in [2.75, 3.05) is 20.7 Å². The third-order valence-electron chi connectivity index (χ3n) is 3.42. The maximum absolute atomic E-state index is 6.24. The van der Waals surface area contributed by atoms with Crippen molar-refractivity contribution in [2.24, 2.45) is 4.99 Å². The van der Waals surface area contributed by atoms with Crippen LogP contribution in [0.2, 0.25) is 10.2 Å². The molecule has 1 heterocycles. The summed E-state index contributed by atoms with van der Waals surface area (Å²) in [6.07, 6.45) is 2.52. The van der Waals surface area contributed by atoms with Crippen LogP contribution in [0.25, 0.3) is 0 Å². The zero-order valence-corrected chi connectivity index (χ0v) is 15.2. The average Bonchev–Trinajstić information content (AvgIpc) is 2.60. The van der Waals surface area contributed by atoms with Crippen LogP contribution in [0.3, 0.4) is 0 Å². The summed E-state index contributed by atoms with van der Waals surface area (Å²) in [4.78, 5) is 8.25. The fourth-order valence-electron chi connectivity index (χ4n) is 2.09. The van der Waals surface area contributed by atoms with Gasteiger partial charge in [0.25, 0.3) is 0 Å². The number of guanidine groups is 1. The minimum atomic E-state index is 0.484. The summed E-state index contributed by atoms with van der Waals surface area (Å²) in [5, 5.41) is 7.67. The van der Waals surface area contributed by atoms with Crippen LogP contribution in [0.5, 0.6) is 5.75 Å². The molecule has 2 aromatic rings. The molecule has 2 N–H and O–H groups in total. The van der Waals surface area contributed by atoms with Crippen molar-refractivity contribution >= 4 is 29.2 Å². The summed E-state index contributed by atoms with van der Waals surface area (Å²) < 4.78 is 5.15. The van der Waals surface area contributed by atoms with Crippen molar-refractivity contribution in [2.45, 2.75) is 13.0 Å². The number of pyridine rings is 1. The minimum absolute atomic E-state index is 0.484. The Bertz CT molecular complexity index is 689. The second-order valence-electron chi connectivity index (χ2n) is 5.05. The van der Waals surface area contributed by atoms with Crippen LogP contribution in [-0.2, 0) is 13.0 Å². The molecule has 7 heteroatoms. The number of aromatic nitrogens is 1. The van der Waals surface area contributed by atoms with Crippen molar-refractivity contribution in [3.63, 3.8) is 0 Å². The number of aliphatic imine (C=N–C) groups is 1. The third-order valence-corrected chi connectivity index (χ3v) is 3.99. The Labute approximate surface area is 152 Å². The molecule has 0 aliphatic carbocycles. The first-order valence-corrected chi connectivity index (χ1v) is 8.25. The van der Waals surface area contributed by atoms with E-state index in [1.807, 2.05) is 24.3 Å². The van der Waals surface area contributed by atoms with Crippen LogP contribution in [0.4, 0.5) is 0 Å². The Morgan fingerprint density at radius 2 is 2.04 bits per heavy atom. The van der Waals surface area contributed by atoms with E-state index in [0.717, 1.165) is 29.3 Å². The molecule has 1 aromatic heterocycles. The number of ether oxygens (including phenoxy) is 1. The number of benzene rings is 1. The van der Waals surface area contributed by atoms with Crippen LogP contribution in [0.15, 0.2) is 41.5 Å². The molecule has 0 amide bonds. The van der Waals surface area contributed by atoms with Gasteiger partial charge in [0.2, 0.25) is 0 Å².